The summed E-state index contributed by atoms with van der Waals surface area (Å²) in [6.45, 7) is 0. The molecule has 3 heteroatoms. The molecule has 0 saturated heterocycles. The SMILES string of the molecule is C#CC[C@](Cc1ccccc1)(C(=O)OC)c1ccsc1. The quantitative estimate of drug-likeness (QED) is 0.621. The van der Waals surface area contributed by atoms with E-state index in [0.29, 0.717) is 12.8 Å². The van der Waals surface area contributed by atoms with Crippen LogP contribution in [0.5, 0.6) is 0 Å². The summed E-state index contributed by atoms with van der Waals surface area (Å²) >= 11 is 1.55. The van der Waals surface area contributed by atoms with Gasteiger partial charge in [-0.05, 0) is 34.4 Å². The molecule has 0 aliphatic rings. The molecule has 2 aromatic rings. The minimum absolute atomic E-state index is 0.280. The zero-order chi connectivity index (χ0) is 14.4. The smallest absolute Gasteiger partial charge is 0.317 e. The molecule has 0 aliphatic heterocycles. The monoisotopic (exact) mass is 284 g/mol. The Labute approximate surface area is 123 Å². The Morgan fingerprint density at radius 2 is 2.10 bits per heavy atom. The summed E-state index contributed by atoms with van der Waals surface area (Å²) in [5.74, 6) is 2.36. The van der Waals surface area contributed by atoms with Crippen LogP contribution in [0, 0.1) is 12.3 Å². The molecule has 0 unspecified atom stereocenters. The molecule has 20 heavy (non-hydrogen) atoms. The van der Waals surface area contributed by atoms with Gasteiger partial charge in [0.1, 0.15) is 5.41 Å². The number of carbonyl (C=O) groups excluding carboxylic acids is 1. The average molecular weight is 284 g/mol. The molecule has 102 valence electrons. The van der Waals surface area contributed by atoms with Gasteiger partial charge in [-0.1, -0.05) is 30.3 Å². The lowest BCUT2D eigenvalue weighted by atomic mass is 9.74. The van der Waals surface area contributed by atoms with E-state index in [-0.39, 0.29) is 5.97 Å². The number of hydrogen-bond donors (Lipinski definition) is 0. The van der Waals surface area contributed by atoms with Crippen LogP contribution >= 0.6 is 11.3 Å². The highest BCUT2D eigenvalue weighted by Crippen LogP contribution is 2.34. The van der Waals surface area contributed by atoms with Gasteiger partial charge >= 0.3 is 5.97 Å². The van der Waals surface area contributed by atoms with Crippen LogP contribution in [0.2, 0.25) is 0 Å². The Hall–Kier alpha value is -2.05. The summed E-state index contributed by atoms with van der Waals surface area (Å²) in [7, 11) is 1.41. The number of terminal acetylenes is 1. The van der Waals surface area contributed by atoms with Crippen LogP contribution in [-0.4, -0.2) is 13.1 Å². The summed E-state index contributed by atoms with van der Waals surface area (Å²) in [6, 6.07) is 11.8. The van der Waals surface area contributed by atoms with E-state index < -0.39 is 5.41 Å². The third-order valence-corrected chi connectivity index (χ3v) is 4.09. The first-order chi connectivity index (χ1) is 9.73. The van der Waals surface area contributed by atoms with Crippen LogP contribution in [0.15, 0.2) is 47.2 Å². The maximum Gasteiger partial charge on any atom is 0.317 e. The van der Waals surface area contributed by atoms with Gasteiger partial charge in [0.2, 0.25) is 0 Å². The molecule has 0 fully saturated rings. The van der Waals surface area contributed by atoms with Gasteiger partial charge in [-0.2, -0.15) is 11.3 Å². The Morgan fingerprint density at radius 1 is 1.35 bits per heavy atom. The molecule has 2 nitrogen and oxygen atoms in total. The Bertz CT molecular complexity index is 596. The maximum atomic E-state index is 12.4. The van der Waals surface area contributed by atoms with Crippen LogP contribution in [0.4, 0.5) is 0 Å². The number of hydrogen-bond acceptors (Lipinski definition) is 3. The molecule has 0 aliphatic carbocycles. The fraction of sp³-hybridized carbons (Fsp3) is 0.235. The topological polar surface area (TPSA) is 26.3 Å². The lowest BCUT2D eigenvalue weighted by Crippen LogP contribution is -2.38. The van der Waals surface area contributed by atoms with Crippen molar-refractivity contribution in [2.24, 2.45) is 0 Å². The van der Waals surface area contributed by atoms with Crippen molar-refractivity contribution in [1.29, 1.82) is 0 Å². The Morgan fingerprint density at radius 3 is 2.65 bits per heavy atom. The molecule has 0 bridgehead atoms. The lowest BCUT2D eigenvalue weighted by molar-refractivity contribution is -0.147. The van der Waals surface area contributed by atoms with Crippen LogP contribution in [0.25, 0.3) is 0 Å². The largest absolute Gasteiger partial charge is 0.468 e. The first-order valence-corrected chi connectivity index (χ1v) is 7.25. The summed E-state index contributed by atoms with van der Waals surface area (Å²) in [5.41, 5.74) is 1.20. The van der Waals surface area contributed by atoms with Gasteiger partial charge in [0.25, 0.3) is 0 Å². The van der Waals surface area contributed by atoms with Crippen molar-refractivity contribution < 1.29 is 9.53 Å². The van der Waals surface area contributed by atoms with Crippen molar-refractivity contribution in [1.82, 2.24) is 0 Å². The van der Waals surface area contributed by atoms with Crippen molar-refractivity contribution >= 4 is 17.3 Å². The van der Waals surface area contributed by atoms with Gasteiger partial charge in [-0.15, -0.1) is 12.3 Å². The molecule has 0 amide bonds. The second-order valence-electron chi connectivity index (χ2n) is 4.63. The third-order valence-electron chi connectivity index (χ3n) is 3.40. The normalized spacial score (nSPS) is 13.2. The van der Waals surface area contributed by atoms with Gasteiger partial charge < -0.3 is 4.74 Å². The number of methoxy groups -OCH3 is 1. The molecule has 0 N–H and O–H groups in total. The Kier molecular flexibility index (Phi) is 4.60. The van der Waals surface area contributed by atoms with Crippen LogP contribution in [0.1, 0.15) is 17.5 Å². The lowest BCUT2D eigenvalue weighted by Gasteiger charge is -2.29. The predicted octanol–water partition coefficient (Wildman–Crippen LogP) is 3.42. The average Bonchev–Trinajstić information content (AvgIpc) is 3.01. The van der Waals surface area contributed by atoms with Crippen molar-refractivity contribution in [3.8, 4) is 12.3 Å². The van der Waals surface area contributed by atoms with Crippen LogP contribution in [-0.2, 0) is 21.4 Å². The maximum absolute atomic E-state index is 12.4. The van der Waals surface area contributed by atoms with E-state index in [9.17, 15) is 4.79 Å². The van der Waals surface area contributed by atoms with Gasteiger partial charge in [0, 0.05) is 6.42 Å². The fourth-order valence-corrected chi connectivity index (χ4v) is 3.13. The van der Waals surface area contributed by atoms with Gasteiger partial charge in [-0.3, -0.25) is 4.79 Å². The fourth-order valence-electron chi connectivity index (χ4n) is 2.38. The predicted molar refractivity (Wildman–Crippen MR) is 81.6 cm³/mol. The summed E-state index contributed by atoms with van der Waals surface area (Å²) < 4.78 is 5.03. The van der Waals surface area contributed by atoms with Gasteiger partial charge in [0.05, 0.1) is 7.11 Å². The summed E-state index contributed by atoms with van der Waals surface area (Å²) in [4.78, 5) is 12.4. The first kappa shape index (κ1) is 14.4. The number of rotatable bonds is 5. The summed E-state index contributed by atoms with van der Waals surface area (Å²) in [5, 5.41) is 3.92. The van der Waals surface area contributed by atoms with Gasteiger partial charge in [-0.25, -0.2) is 0 Å². The molecule has 2 rings (SSSR count). The number of benzene rings is 1. The van der Waals surface area contributed by atoms with E-state index in [0.717, 1.165) is 11.1 Å². The van der Waals surface area contributed by atoms with Crippen LogP contribution < -0.4 is 0 Å². The van der Waals surface area contributed by atoms with E-state index >= 15 is 0 Å². The molecule has 1 aromatic heterocycles. The highest BCUT2D eigenvalue weighted by Gasteiger charge is 2.41. The number of carbonyl (C=O) groups is 1. The number of ether oxygens (including phenoxy) is 1. The number of esters is 1. The van der Waals surface area contributed by atoms with Crippen LogP contribution in [0.3, 0.4) is 0 Å². The standard InChI is InChI=1S/C17H16O2S/c1-3-10-17(16(18)19-2,15-9-11-20-13-15)12-14-7-5-4-6-8-14/h1,4-9,11,13H,10,12H2,2H3/t17-/m1/s1. The van der Waals surface area contributed by atoms with Crippen molar-refractivity contribution in [3.05, 3.63) is 58.3 Å². The van der Waals surface area contributed by atoms with Crippen molar-refractivity contribution in [2.45, 2.75) is 18.3 Å². The molecular formula is C17H16O2S. The highest BCUT2D eigenvalue weighted by atomic mass is 32.1. The third kappa shape index (κ3) is 2.76. The first-order valence-electron chi connectivity index (χ1n) is 6.31. The molecule has 0 saturated carbocycles. The molecule has 0 radical (unpaired) electrons. The minimum Gasteiger partial charge on any atom is -0.468 e. The molecule has 1 atom stereocenters. The molecule has 0 spiro atoms. The molecule has 1 aromatic carbocycles. The van der Waals surface area contributed by atoms with Crippen molar-refractivity contribution in [2.75, 3.05) is 7.11 Å². The van der Waals surface area contributed by atoms with E-state index in [2.05, 4.69) is 5.92 Å². The van der Waals surface area contributed by atoms with Gasteiger partial charge in [0.15, 0.2) is 0 Å². The van der Waals surface area contributed by atoms with E-state index in [4.69, 9.17) is 11.2 Å². The Balaban J connectivity index is 2.47. The zero-order valence-electron chi connectivity index (χ0n) is 11.3. The van der Waals surface area contributed by atoms with E-state index in [1.165, 1.54) is 7.11 Å². The highest BCUT2D eigenvalue weighted by molar-refractivity contribution is 7.08. The summed E-state index contributed by atoms with van der Waals surface area (Å²) in [6.07, 6.45) is 6.38. The van der Waals surface area contributed by atoms with E-state index in [1.807, 2.05) is 47.2 Å². The van der Waals surface area contributed by atoms with Crippen molar-refractivity contribution in [3.63, 3.8) is 0 Å². The second kappa shape index (κ2) is 6.40. The second-order valence-corrected chi connectivity index (χ2v) is 5.41. The zero-order valence-corrected chi connectivity index (χ0v) is 12.2. The number of thiophene rings is 1. The molecular weight excluding hydrogens is 268 g/mol. The molecule has 1 heterocycles. The van der Waals surface area contributed by atoms with E-state index in [1.54, 1.807) is 11.3 Å². The minimum atomic E-state index is -0.801.